The van der Waals surface area contributed by atoms with Crippen molar-refractivity contribution in [3.8, 4) is 28.5 Å². The molecule has 1 amide bonds. The van der Waals surface area contributed by atoms with Gasteiger partial charge in [0.15, 0.2) is 17.3 Å². The third kappa shape index (κ3) is 5.93. The van der Waals surface area contributed by atoms with Gasteiger partial charge in [0.2, 0.25) is 17.6 Å². The van der Waals surface area contributed by atoms with Gasteiger partial charge < -0.3 is 30.2 Å². The first-order valence-electron chi connectivity index (χ1n) is 11.1. The summed E-state index contributed by atoms with van der Waals surface area (Å²) >= 11 is 0. The molecule has 0 saturated carbocycles. The average molecular weight is 503 g/mol. The van der Waals surface area contributed by atoms with Gasteiger partial charge in [-0.2, -0.15) is 10.1 Å². The van der Waals surface area contributed by atoms with Crippen molar-refractivity contribution in [1.82, 2.24) is 30.5 Å². The Bertz CT molecular complexity index is 1360. The number of aromatic amines is 1. The Balaban J connectivity index is 1.46. The monoisotopic (exact) mass is 502 g/mol. The molecule has 0 aliphatic rings. The van der Waals surface area contributed by atoms with Crippen LogP contribution in [0.3, 0.4) is 0 Å². The zero-order chi connectivity index (χ0) is 26.2. The summed E-state index contributed by atoms with van der Waals surface area (Å²) in [5.74, 6) is 2.40. The van der Waals surface area contributed by atoms with Gasteiger partial charge in [-0.25, -0.2) is 9.97 Å². The molecule has 2 heterocycles. The van der Waals surface area contributed by atoms with Crippen molar-refractivity contribution < 1.29 is 19.0 Å². The largest absolute Gasteiger partial charge is 0.493 e. The van der Waals surface area contributed by atoms with Crippen LogP contribution < -0.4 is 30.2 Å². The quantitative estimate of drug-likeness (QED) is 0.224. The smallest absolute Gasteiger partial charge is 0.251 e. The van der Waals surface area contributed by atoms with Crippen LogP contribution in [0.2, 0.25) is 0 Å². The molecule has 2 aromatic carbocycles. The SMILES string of the molecule is C=CCNC(=O)c1ccc(-c2cc(Nc3ncnc(Nc4cc(OC)c(OC)c(OC)c4)n3)n[nH]2)cc1. The lowest BCUT2D eigenvalue weighted by Gasteiger charge is -2.14. The van der Waals surface area contributed by atoms with E-state index in [9.17, 15) is 4.79 Å². The van der Waals surface area contributed by atoms with Gasteiger partial charge in [-0.3, -0.25) is 9.89 Å². The van der Waals surface area contributed by atoms with E-state index in [4.69, 9.17) is 14.2 Å². The number of methoxy groups -OCH3 is 3. The molecule has 0 unspecified atom stereocenters. The van der Waals surface area contributed by atoms with E-state index in [1.54, 1.807) is 44.6 Å². The molecule has 2 aromatic heterocycles. The van der Waals surface area contributed by atoms with Crippen molar-refractivity contribution in [2.24, 2.45) is 0 Å². The molecule has 4 aromatic rings. The zero-order valence-corrected chi connectivity index (χ0v) is 20.5. The molecule has 0 atom stereocenters. The Hall–Kier alpha value is -5.13. The number of aromatic nitrogens is 5. The van der Waals surface area contributed by atoms with Crippen LogP contribution in [0.25, 0.3) is 11.3 Å². The van der Waals surface area contributed by atoms with E-state index >= 15 is 0 Å². The fourth-order valence-corrected chi connectivity index (χ4v) is 3.42. The summed E-state index contributed by atoms with van der Waals surface area (Å²) < 4.78 is 16.1. The van der Waals surface area contributed by atoms with Crippen molar-refractivity contribution >= 4 is 29.3 Å². The number of anilines is 4. The van der Waals surface area contributed by atoms with E-state index in [-0.39, 0.29) is 11.9 Å². The molecule has 12 nitrogen and oxygen atoms in total. The highest BCUT2D eigenvalue weighted by Crippen LogP contribution is 2.40. The average Bonchev–Trinajstić information content (AvgIpc) is 3.39. The maximum Gasteiger partial charge on any atom is 0.251 e. The summed E-state index contributed by atoms with van der Waals surface area (Å²) in [7, 11) is 4.62. The molecule has 4 rings (SSSR count). The summed E-state index contributed by atoms with van der Waals surface area (Å²) in [6, 6.07) is 12.5. The van der Waals surface area contributed by atoms with Crippen LogP contribution in [0, 0.1) is 0 Å². The molecule has 0 radical (unpaired) electrons. The van der Waals surface area contributed by atoms with Crippen LogP contribution in [0.5, 0.6) is 17.2 Å². The van der Waals surface area contributed by atoms with Crippen molar-refractivity contribution in [2.75, 3.05) is 38.5 Å². The van der Waals surface area contributed by atoms with Gasteiger partial charge in [-0.1, -0.05) is 18.2 Å². The number of nitrogens with zero attached hydrogens (tertiary/aromatic N) is 4. The van der Waals surface area contributed by atoms with Crippen molar-refractivity contribution in [1.29, 1.82) is 0 Å². The summed E-state index contributed by atoms with van der Waals surface area (Å²) in [6.45, 7) is 4.00. The van der Waals surface area contributed by atoms with Crippen LogP contribution in [-0.4, -0.2) is 58.9 Å². The molecular weight excluding hydrogens is 476 g/mol. The highest BCUT2D eigenvalue weighted by atomic mass is 16.5. The number of carbonyl (C=O) groups is 1. The van der Waals surface area contributed by atoms with Crippen LogP contribution in [-0.2, 0) is 0 Å². The van der Waals surface area contributed by atoms with Gasteiger partial charge in [0.05, 0.1) is 27.0 Å². The Morgan fingerprint density at radius 1 is 0.973 bits per heavy atom. The van der Waals surface area contributed by atoms with Crippen LogP contribution in [0.1, 0.15) is 10.4 Å². The van der Waals surface area contributed by atoms with Crippen LogP contribution >= 0.6 is 0 Å². The molecule has 4 N–H and O–H groups in total. The van der Waals surface area contributed by atoms with E-state index in [2.05, 4.69) is 47.7 Å². The minimum absolute atomic E-state index is 0.163. The number of carbonyl (C=O) groups excluding carboxylic acids is 1. The first-order chi connectivity index (χ1) is 18.0. The Morgan fingerprint density at radius 3 is 2.27 bits per heavy atom. The number of hydrogen-bond donors (Lipinski definition) is 4. The highest BCUT2D eigenvalue weighted by Gasteiger charge is 2.14. The number of amides is 1. The second-order valence-corrected chi connectivity index (χ2v) is 7.54. The summed E-state index contributed by atoms with van der Waals surface area (Å²) in [5, 5.41) is 16.1. The van der Waals surface area contributed by atoms with Crippen molar-refractivity contribution in [2.45, 2.75) is 0 Å². The lowest BCUT2D eigenvalue weighted by Crippen LogP contribution is -2.22. The topological polar surface area (TPSA) is 148 Å². The number of hydrogen-bond acceptors (Lipinski definition) is 10. The van der Waals surface area contributed by atoms with Gasteiger partial charge in [-0.15, -0.1) is 6.58 Å². The molecule has 190 valence electrons. The molecule has 0 fully saturated rings. The van der Waals surface area contributed by atoms with Gasteiger partial charge >= 0.3 is 0 Å². The highest BCUT2D eigenvalue weighted by molar-refractivity contribution is 5.94. The van der Waals surface area contributed by atoms with E-state index in [1.807, 2.05) is 18.2 Å². The van der Waals surface area contributed by atoms with E-state index < -0.39 is 0 Å². The number of rotatable bonds is 11. The Morgan fingerprint density at radius 2 is 1.65 bits per heavy atom. The third-order valence-corrected chi connectivity index (χ3v) is 5.18. The Kier molecular flexibility index (Phi) is 7.79. The predicted molar refractivity (Wildman–Crippen MR) is 139 cm³/mol. The normalized spacial score (nSPS) is 10.4. The number of benzene rings is 2. The standard InChI is InChI=1S/C25H26N8O4/c1-5-10-26-23(34)16-8-6-15(7-9-16)18-13-21(33-32-18)30-25-28-14-27-24(31-25)29-17-11-19(35-2)22(37-4)20(12-17)36-3/h5-9,11-14H,1,10H2,2-4H3,(H,26,34)(H3,27,28,29,30,31,32,33). The maximum atomic E-state index is 12.1. The third-order valence-electron chi connectivity index (χ3n) is 5.18. The van der Waals surface area contributed by atoms with Gasteiger partial charge in [0, 0.05) is 36.0 Å². The molecule has 0 aliphatic heterocycles. The first kappa shape index (κ1) is 25.0. The molecule has 0 spiro atoms. The van der Waals surface area contributed by atoms with Crippen molar-refractivity contribution in [3.63, 3.8) is 0 Å². The van der Waals surface area contributed by atoms with Gasteiger partial charge in [0.25, 0.3) is 5.91 Å². The van der Waals surface area contributed by atoms with Gasteiger partial charge in [-0.05, 0) is 17.7 Å². The molecule has 37 heavy (non-hydrogen) atoms. The number of nitrogens with one attached hydrogen (secondary N) is 4. The number of H-pyrrole nitrogens is 1. The fourth-order valence-electron chi connectivity index (χ4n) is 3.42. The maximum absolute atomic E-state index is 12.1. The fraction of sp³-hybridized carbons (Fsp3) is 0.160. The number of ether oxygens (including phenoxy) is 3. The lowest BCUT2D eigenvalue weighted by molar-refractivity contribution is 0.0958. The summed E-state index contributed by atoms with van der Waals surface area (Å²) in [5.41, 5.74) is 2.81. The second kappa shape index (κ2) is 11.5. The second-order valence-electron chi connectivity index (χ2n) is 7.54. The lowest BCUT2D eigenvalue weighted by atomic mass is 10.1. The van der Waals surface area contributed by atoms with Crippen LogP contribution in [0.15, 0.2) is 61.4 Å². The van der Waals surface area contributed by atoms with E-state index in [1.165, 1.54) is 13.4 Å². The minimum Gasteiger partial charge on any atom is -0.493 e. The molecule has 0 saturated heterocycles. The molecule has 0 bridgehead atoms. The van der Waals surface area contributed by atoms with Gasteiger partial charge in [0.1, 0.15) is 6.33 Å². The molecule has 0 aliphatic carbocycles. The van der Waals surface area contributed by atoms with E-state index in [0.29, 0.717) is 46.8 Å². The Labute approximate surface area is 213 Å². The first-order valence-corrected chi connectivity index (χ1v) is 11.1. The van der Waals surface area contributed by atoms with Crippen molar-refractivity contribution in [3.05, 3.63) is 67.0 Å². The molecule has 12 heteroatoms. The zero-order valence-electron chi connectivity index (χ0n) is 20.5. The van der Waals surface area contributed by atoms with Crippen LogP contribution in [0.4, 0.5) is 23.4 Å². The summed E-state index contributed by atoms with van der Waals surface area (Å²) in [6.07, 6.45) is 3.00. The minimum atomic E-state index is -0.163. The van der Waals surface area contributed by atoms with E-state index in [0.717, 1.165) is 11.3 Å². The molecular formula is C25H26N8O4. The predicted octanol–water partition coefficient (Wildman–Crippen LogP) is 3.69. The summed E-state index contributed by atoms with van der Waals surface area (Å²) in [4.78, 5) is 24.8.